The number of hydrogen-bond donors (Lipinski definition) is 2. The Morgan fingerprint density at radius 3 is 2.80 bits per heavy atom. The van der Waals surface area contributed by atoms with Crippen molar-refractivity contribution in [2.75, 3.05) is 13.2 Å². The molecule has 3 N–H and O–H groups in total. The SMILES string of the molecule is NNC(COc1ccccc1)C1CCOC2(CCC2)C1. The zero-order valence-corrected chi connectivity index (χ0v) is 11.9. The standard InChI is InChI=1S/C16H24N2O2/c17-18-15(12-19-14-5-2-1-3-6-14)13-7-10-20-16(11-13)8-4-9-16/h1-3,5-6,13,15,18H,4,7-12,17H2. The zero-order chi connectivity index (χ0) is 13.8. The van der Waals surface area contributed by atoms with E-state index >= 15 is 0 Å². The van der Waals surface area contributed by atoms with E-state index in [1.165, 1.54) is 19.3 Å². The van der Waals surface area contributed by atoms with Crippen molar-refractivity contribution in [1.82, 2.24) is 5.43 Å². The molecule has 1 aromatic carbocycles. The third-order valence-corrected chi connectivity index (χ3v) is 4.75. The van der Waals surface area contributed by atoms with Gasteiger partial charge in [0.1, 0.15) is 12.4 Å². The summed E-state index contributed by atoms with van der Waals surface area (Å²) in [7, 11) is 0. The molecular formula is C16H24N2O2. The molecule has 4 heteroatoms. The Kier molecular flexibility index (Phi) is 4.24. The molecule has 110 valence electrons. The van der Waals surface area contributed by atoms with Crippen LogP contribution in [0.25, 0.3) is 0 Å². The third kappa shape index (κ3) is 2.97. The summed E-state index contributed by atoms with van der Waals surface area (Å²) < 4.78 is 11.8. The van der Waals surface area contributed by atoms with Crippen LogP contribution in [0.5, 0.6) is 5.75 Å². The highest BCUT2D eigenvalue weighted by atomic mass is 16.5. The lowest BCUT2D eigenvalue weighted by Crippen LogP contribution is -2.53. The summed E-state index contributed by atoms with van der Waals surface area (Å²) in [5.41, 5.74) is 3.10. The molecule has 1 heterocycles. The van der Waals surface area contributed by atoms with E-state index < -0.39 is 0 Å². The topological polar surface area (TPSA) is 56.5 Å². The molecule has 1 aliphatic heterocycles. The minimum Gasteiger partial charge on any atom is -0.492 e. The Hall–Kier alpha value is -1.10. The summed E-state index contributed by atoms with van der Waals surface area (Å²) in [4.78, 5) is 0. The second kappa shape index (κ2) is 6.12. The first-order valence-electron chi connectivity index (χ1n) is 7.59. The van der Waals surface area contributed by atoms with Gasteiger partial charge in [0.05, 0.1) is 11.6 Å². The Morgan fingerprint density at radius 2 is 2.15 bits per heavy atom. The van der Waals surface area contributed by atoms with Crippen LogP contribution in [-0.2, 0) is 4.74 Å². The van der Waals surface area contributed by atoms with Gasteiger partial charge < -0.3 is 9.47 Å². The van der Waals surface area contributed by atoms with Gasteiger partial charge in [-0.2, -0.15) is 0 Å². The Morgan fingerprint density at radius 1 is 1.35 bits per heavy atom. The third-order valence-electron chi connectivity index (χ3n) is 4.75. The van der Waals surface area contributed by atoms with Gasteiger partial charge in [-0.3, -0.25) is 11.3 Å². The first kappa shape index (κ1) is 13.9. The molecule has 0 radical (unpaired) electrons. The molecule has 3 rings (SSSR count). The Labute approximate surface area is 120 Å². The van der Waals surface area contributed by atoms with Crippen LogP contribution in [0.3, 0.4) is 0 Å². The van der Waals surface area contributed by atoms with E-state index in [2.05, 4.69) is 5.43 Å². The summed E-state index contributed by atoms with van der Waals surface area (Å²) in [6.45, 7) is 1.47. The maximum absolute atomic E-state index is 5.98. The molecular weight excluding hydrogens is 252 g/mol. The van der Waals surface area contributed by atoms with Gasteiger partial charge in [0.25, 0.3) is 0 Å². The van der Waals surface area contributed by atoms with Crippen molar-refractivity contribution in [2.45, 2.75) is 43.7 Å². The molecule has 2 fully saturated rings. The summed E-state index contributed by atoms with van der Waals surface area (Å²) >= 11 is 0. The monoisotopic (exact) mass is 276 g/mol. The number of nitrogens with two attached hydrogens (primary N) is 1. The molecule has 0 amide bonds. The van der Waals surface area contributed by atoms with Gasteiger partial charge in [-0.05, 0) is 50.2 Å². The molecule has 1 saturated carbocycles. The van der Waals surface area contributed by atoms with Crippen molar-refractivity contribution in [1.29, 1.82) is 0 Å². The fourth-order valence-corrected chi connectivity index (χ4v) is 3.35. The second-order valence-corrected chi connectivity index (χ2v) is 6.04. The fourth-order valence-electron chi connectivity index (χ4n) is 3.35. The zero-order valence-electron chi connectivity index (χ0n) is 11.9. The molecule has 20 heavy (non-hydrogen) atoms. The number of rotatable bonds is 5. The summed E-state index contributed by atoms with van der Waals surface area (Å²) in [5, 5.41) is 0. The van der Waals surface area contributed by atoms with Crippen LogP contribution in [0.4, 0.5) is 0 Å². The van der Waals surface area contributed by atoms with Gasteiger partial charge in [0, 0.05) is 6.61 Å². The minimum absolute atomic E-state index is 0.158. The van der Waals surface area contributed by atoms with Crippen LogP contribution in [0, 0.1) is 5.92 Å². The highest BCUT2D eigenvalue weighted by molar-refractivity contribution is 5.21. The van der Waals surface area contributed by atoms with E-state index in [1.807, 2.05) is 30.3 Å². The number of ether oxygens (including phenoxy) is 2. The minimum atomic E-state index is 0.158. The molecule has 1 spiro atoms. The molecule has 0 aromatic heterocycles. The molecule has 4 nitrogen and oxygen atoms in total. The number of hydrogen-bond acceptors (Lipinski definition) is 4. The molecule has 2 atom stereocenters. The van der Waals surface area contributed by atoms with E-state index in [-0.39, 0.29) is 11.6 Å². The number of hydrazine groups is 1. The van der Waals surface area contributed by atoms with Crippen molar-refractivity contribution in [2.24, 2.45) is 11.8 Å². The van der Waals surface area contributed by atoms with Crippen molar-refractivity contribution in [3.05, 3.63) is 30.3 Å². The van der Waals surface area contributed by atoms with Crippen LogP contribution in [0.15, 0.2) is 30.3 Å². The summed E-state index contributed by atoms with van der Waals surface area (Å²) in [6.07, 6.45) is 5.89. The lowest BCUT2D eigenvalue weighted by Gasteiger charge is -2.48. The molecule has 1 saturated heterocycles. The van der Waals surface area contributed by atoms with E-state index in [9.17, 15) is 0 Å². The van der Waals surface area contributed by atoms with Crippen molar-refractivity contribution in [3.63, 3.8) is 0 Å². The first-order valence-corrected chi connectivity index (χ1v) is 7.59. The van der Waals surface area contributed by atoms with Gasteiger partial charge >= 0.3 is 0 Å². The normalized spacial score (nSPS) is 25.9. The van der Waals surface area contributed by atoms with Gasteiger partial charge in [-0.25, -0.2) is 0 Å². The molecule has 2 unspecified atom stereocenters. The van der Waals surface area contributed by atoms with Crippen molar-refractivity contribution < 1.29 is 9.47 Å². The maximum atomic E-state index is 5.98. The summed E-state index contributed by atoms with van der Waals surface area (Å²) in [5.74, 6) is 7.19. The molecule has 0 bridgehead atoms. The van der Waals surface area contributed by atoms with E-state index in [0.29, 0.717) is 12.5 Å². The van der Waals surface area contributed by atoms with E-state index in [0.717, 1.165) is 25.2 Å². The van der Waals surface area contributed by atoms with Crippen LogP contribution in [0.1, 0.15) is 32.1 Å². The van der Waals surface area contributed by atoms with Crippen LogP contribution in [-0.4, -0.2) is 24.9 Å². The van der Waals surface area contributed by atoms with Gasteiger partial charge in [-0.1, -0.05) is 18.2 Å². The molecule has 1 aliphatic carbocycles. The maximum Gasteiger partial charge on any atom is 0.119 e. The summed E-state index contributed by atoms with van der Waals surface area (Å²) in [6, 6.07) is 10.1. The largest absolute Gasteiger partial charge is 0.492 e. The van der Waals surface area contributed by atoms with E-state index in [4.69, 9.17) is 15.3 Å². The molecule has 1 aromatic rings. The number of benzene rings is 1. The first-order chi connectivity index (χ1) is 9.81. The van der Waals surface area contributed by atoms with Gasteiger partial charge in [0.2, 0.25) is 0 Å². The molecule has 2 aliphatic rings. The van der Waals surface area contributed by atoms with Crippen molar-refractivity contribution in [3.8, 4) is 5.75 Å². The fraction of sp³-hybridized carbons (Fsp3) is 0.625. The van der Waals surface area contributed by atoms with Gasteiger partial charge in [-0.15, -0.1) is 0 Å². The smallest absolute Gasteiger partial charge is 0.119 e. The van der Waals surface area contributed by atoms with E-state index in [1.54, 1.807) is 0 Å². The average molecular weight is 276 g/mol. The van der Waals surface area contributed by atoms with Gasteiger partial charge in [0.15, 0.2) is 0 Å². The Bertz CT molecular complexity index is 420. The van der Waals surface area contributed by atoms with Crippen LogP contribution >= 0.6 is 0 Å². The Balaban J connectivity index is 1.55. The van der Waals surface area contributed by atoms with Crippen molar-refractivity contribution >= 4 is 0 Å². The number of para-hydroxylation sites is 1. The lowest BCUT2D eigenvalue weighted by molar-refractivity contribution is -0.148. The predicted octanol–water partition coefficient (Wildman–Crippen LogP) is 2.25. The highest BCUT2D eigenvalue weighted by Gasteiger charge is 2.44. The number of nitrogens with one attached hydrogen (secondary N) is 1. The van der Waals surface area contributed by atoms with Crippen LogP contribution in [0.2, 0.25) is 0 Å². The predicted molar refractivity (Wildman–Crippen MR) is 78.3 cm³/mol. The average Bonchev–Trinajstić information content (AvgIpc) is 2.48. The van der Waals surface area contributed by atoms with Crippen LogP contribution < -0.4 is 16.0 Å². The quantitative estimate of drug-likeness (QED) is 0.640. The lowest BCUT2D eigenvalue weighted by atomic mass is 9.70. The second-order valence-electron chi connectivity index (χ2n) is 6.04. The highest BCUT2D eigenvalue weighted by Crippen LogP contribution is 2.44.